The van der Waals surface area contributed by atoms with Crippen molar-refractivity contribution in [3.8, 4) is 5.75 Å². The van der Waals surface area contributed by atoms with E-state index in [0.717, 1.165) is 18.7 Å². The molecule has 1 fully saturated rings. The first-order valence-corrected chi connectivity index (χ1v) is 6.39. The molecule has 104 valence electrons. The lowest BCUT2D eigenvalue weighted by atomic mass is 10.1. The second kappa shape index (κ2) is 6.02. The average Bonchev–Trinajstić information content (AvgIpc) is 3.20. The van der Waals surface area contributed by atoms with Gasteiger partial charge in [0.05, 0.1) is 12.2 Å². The third kappa shape index (κ3) is 3.92. The maximum Gasteiger partial charge on any atom is 0.257 e. The molecule has 4 nitrogen and oxygen atoms in total. The minimum absolute atomic E-state index is 0.0234. The van der Waals surface area contributed by atoms with E-state index in [2.05, 4.69) is 0 Å². The van der Waals surface area contributed by atoms with Crippen molar-refractivity contribution in [2.24, 2.45) is 5.92 Å². The lowest BCUT2D eigenvalue weighted by Gasteiger charge is -2.17. The molecule has 1 N–H and O–H groups in total. The molecular formula is C14H18FNO3. The molecule has 1 aromatic rings. The van der Waals surface area contributed by atoms with Crippen LogP contribution in [0.25, 0.3) is 0 Å². The van der Waals surface area contributed by atoms with Crippen LogP contribution in [0.3, 0.4) is 0 Å². The maximum atomic E-state index is 13.1. The summed E-state index contributed by atoms with van der Waals surface area (Å²) in [5.41, 5.74) is -0.0234. The monoisotopic (exact) mass is 267 g/mol. The van der Waals surface area contributed by atoms with Crippen LogP contribution in [0.15, 0.2) is 18.2 Å². The summed E-state index contributed by atoms with van der Waals surface area (Å²) in [6, 6.07) is 3.34. The Kier molecular flexibility index (Phi) is 4.37. The van der Waals surface area contributed by atoms with Gasteiger partial charge in [-0.05, 0) is 37.0 Å². The molecule has 1 aliphatic rings. The molecule has 0 atom stereocenters. The highest BCUT2D eigenvalue weighted by Crippen LogP contribution is 2.28. The van der Waals surface area contributed by atoms with E-state index in [1.807, 2.05) is 0 Å². The number of carbonyl (C=O) groups excluding carboxylic acids is 1. The molecule has 0 unspecified atom stereocenters. The van der Waals surface area contributed by atoms with E-state index >= 15 is 0 Å². The van der Waals surface area contributed by atoms with Gasteiger partial charge in [-0.3, -0.25) is 4.79 Å². The first kappa shape index (κ1) is 13.8. The van der Waals surface area contributed by atoms with Crippen LogP contribution in [0.2, 0.25) is 0 Å². The number of hydrogen-bond donors (Lipinski definition) is 1. The number of halogens is 1. The third-order valence-electron chi connectivity index (χ3n) is 3.16. The first-order chi connectivity index (χ1) is 9.08. The van der Waals surface area contributed by atoms with Crippen LogP contribution in [0, 0.1) is 11.7 Å². The molecule has 0 radical (unpaired) electrons. The van der Waals surface area contributed by atoms with Crippen LogP contribution in [-0.2, 0) is 4.74 Å². The van der Waals surface area contributed by atoms with Gasteiger partial charge in [0.1, 0.15) is 11.6 Å². The van der Waals surface area contributed by atoms with Gasteiger partial charge in [-0.15, -0.1) is 0 Å². The summed E-state index contributed by atoms with van der Waals surface area (Å²) in [5, 5.41) is 9.56. The van der Waals surface area contributed by atoms with E-state index in [-0.39, 0.29) is 11.3 Å². The van der Waals surface area contributed by atoms with Gasteiger partial charge in [0.2, 0.25) is 0 Å². The summed E-state index contributed by atoms with van der Waals surface area (Å²) in [7, 11) is 1.60. The number of rotatable bonds is 6. The lowest BCUT2D eigenvalue weighted by molar-refractivity contribution is 0.0678. The van der Waals surface area contributed by atoms with Crippen molar-refractivity contribution < 1.29 is 19.0 Å². The number of hydrogen-bond acceptors (Lipinski definition) is 3. The molecule has 1 aromatic carbocycles. The fraction of sp³-hybridized carbons (Fsp3) is 0.500. The van der Waals surface area contributed by atoms with Crippen molar-refractivity contribution in [2.45, 2.75) is 12.8 Å². The minimum atomic E-state index is -0.542. The fourth-order valence-corrected chi connectivity index (χ4v) is 1.72. The Hall–Kier alpha value is -1.62. The van der Waals surface area contributed by atoms with Crippen LogP contribution in [0.1, 0.15) is 23.2 Å². The van der Waals surface area contributed by atoms with Crippen molar-refractivity contribution >= 4 is 5.91 Å². The maximum absolute atomic E-state index is 13.1. The normalized spacial score (nSPS) is 14.4. The molecule has 0 aliphatic heterocycles. The number of nitrogens with zero attached hydrogens (tertiary/aromatic N) is 1. The highest BCUT2D eigenvalue weighted by molar-refractivity contribution is 5.96. The number of phenolic OH excluding ortho intramolecular Hbond substituents is 1. The predicted octanol–water partition coefficient (Wildman–Crippen LogP) is 2.03. The molecule has 1 amide bonds. The van der Waals surface area contributed by atoms with Crippen LogP contribution >= 0.6 is 0 Å². The fourth-order valence-electron chi connectivity index (χ4n) is 1.72. The van der Waals surface area contributed by atoms with E-state index in [4.69, 9.17) is 4.74 Å². The molecular weight excluding hydrogens is 249 g/mol. The van der Waals surface area contributed by atoms with Crippen LogP contribution in [0.4, 0.5) is 4.39 Å². The molecule has 0 saturated heterocycles. The van der Waals surface area contributed by atoms with Gasteiger partial charge in [0, 0.05) is 20.2 Å². The number of carbonyl (C=O) groups is 1. The molecule has 0 bridgehead atoms. The lowest BCUT2D eigenvalue weighted by Crippen LogP contribution is -2.30. The van der Waals surface area contributed by atoms with Crippen molar-refractivity contribution in [1.29, 1.82) is 0 Å². The molecule has 1 aliphatic carbocycles. The quantitative estimate of drug-likeness (QED) is 0.802. The second-order valence-electron chi connectivity index (χ2n) is 4.91. The highest BCUT2D eigenvalue weighted by Gasteiger charge is 2.21. The Balaban J connectivity index is 1.84. The Morgan fingerprint density at radius 3 is 2.95 bits per heavy atom. The summed E-state index contributed by atoms with van der Waals surface area (Å²) in [4.78, 5) is 13.4. The van der Waals surface area contributed by atoms with E-state index < -0.39 is 11.7 Å². The summed E-state index contributed by atoms with van der Waals surface area (Å²) in [5.74, 6) is -0.475. The van der Waals surface area contributed by atoms with Crippen LogP contribution in [0.5, 0.6) is 5.75 Å². The van der Waals surface area contributed by atoms with Gasteiger partial charge < -0.3 is 14.7 Å². The number of ether oxygens (including phenoxy) is 1. The molecule has 2 rings (SSSR count). The van der Waals surface area contributed by atoms with Gasteiger partial charge in [-0.1, -0.05) is 0 Å². The Morgan fingerprint density at radius 2 is 2.26 bits per heavy atom. The number of phenols is 1. The summed E-state index contributed by atoms with van der Waals surface area (Å²) in [6.07, 6.45) is 2.46. The zero-order chi connectivity index (χ0) is 13.8. The number of likely N-dealkylation sites (N-methyl/N-ethyl adjacent to an activating group) is 1. The molecule has 0 spiro atoms. The predicted molar refractivity (Wildman–Crippen MR) is 68.6 cm³/mol. The van der Waals surface area contributed by atoms with Gasteiger partial charge in [0.15, 0.2) is 0 Å². The first-order valence-electron chi connectivity index (χ1n) is 6.39. The smallest absolute Gasteiger partial charge is 0.257 e. The van der Waals surface area contributed by atoms with Crippen molar-refractivity contribution in [2.75, 3.05) is 26.8 Å². The summed E-state index contributed by atoms with van der Waals surface area (Å²) in [6.45, 7) is 1.61. The Labute approximate surface area is 111 Å². The van der Waals surface area contributed by atoms with E-state index in [0.29, 0.717) is 19.1 Å². The molecule has 5 heteroatoms. The standard InChI is InChI=1S/C14H18FNO3/c1-16(6-7-19-9-10-2-3-10)14(18)12-8-11(15)4-5-13(12)17/h4-5,8,10,17H,2-3,6-7,9H2,1H3. The van der Waals surface area contributed by atoms with Crippen molar-refractivity contribution in [3.63, 3.8) is 0 Å². The summed E-state index contributed by atoms with van der Waals surface area (Å²) >= 11 is 0. The SMILES string of the molecule is CN(CCOCC1CC1)C(=O)c1cc(F)ccc1O. The summed E-state index contributed by atoms with van der Waals surface area (Å²) < 4.78 is 18.5. The van der Waals surface area contributed by atoms with Crippen LogP contribution in [-0.4, -0.2) is 42.7 Å². The topological polar surface area (TPSA) is 49.8 Å². The highest BCUT2D eigenvalue weighted by atomic mass is 19.1. The number of benzene rings is 1. The zero-order valence-electron chi connectivity index (χ0n) is 10.9. The molecule has 1 saturated carbocycles. The van der Waals surface area contributed by atoms with Crippen molar-refractivity contribution in [3.05, 3.63) is 29.6 Å². The average molecular weight is 267 g/mol. The minimum Gasteiger partial charge on any atom is -0.507 e. The third-order valence-corrected chi connectivity index (χ3v) is 3.16. The molecule has 0 heterocycles. The Morgan fingerprint density at radius 1 is 1.53 bits per heavy atom. The number of aromatic hydroxyl groups is 1. The van der Waals surface area contributed by atoms with Gasteiger partial charge >= 0.3 is 0 Å². The Bertz CT molecular complexity index is 460. The van der Waals surface area contributed by atoms with Gasteiger partial charge in [-0.25, -0.2) is 4.39 Å². The van der Waals surface area contributed by atoms with E-state index in [1.54, 1.807) is 7.05 Å². The second-order valence-corrected chi connectivity index (χ2v) is 4.91. The largest absolute Gasteiger partial charge is 0.507 e. The van der Waals surface area contributed by atoms with Crippen LogP contribution < -0.4 is 0 Å². The van der Waals surface area contributed by atoms with Gasteiger partial charge in [-0.2, -0.15) is 0 Å². The molecule has 0 aromatic heterocycles. The number of amides is 1. The zero-order valence-corrected chi connectivity index (χ0v) is 10.9. The van der Waals surface area contributed by atoms with Gasteiger partial charge in [0.25, 0.3) is 5.91 Å². The van der Waals surface area contributed by atoms with E-state index in [1.165, 1.54) is 23.8 Å². The van der Waals surface area contributed by atoms with E-state index in [9.17, 15) is 14.3 Å². The van der Waals surface area contributed by atoms with Crippen molar-refractivity contribution in [1.82, 2.24) is 4.90 Å². The molecule has 19 heavy (non-hydrogen) atoms.